The van der Waals surface area contributed by atoms with Gasteiger partial charge in [0.05, 0.1) is 22.7 Å². The van der Waals surface area contributed by atoms with E-state index < -0.39 is 0 Å². The van der Waals surface area contributed by atoms with Gasteiger partial charge in [0.1, 0.15) is 0 Å². The van der Waals surface area contributed by atoms with E-state index in [0.717, 1.165) is 33.6 Å². The molecule has 0 spiro atoms. The van der Waals surface area contributed by atoms with Crippen molar-refractivity contribution in [2.75, 3.05) is 16.8 Å². The molecule has 4 aromatic rings. The van der Waals surface area contributed by atoms with E-state index in [9.17, 15) is 0 Å². The van der Waals surface area contributed by atoms with Crippen LogP contribution in [-0.2, 0) is 0 Å². The SMILES string of the molecule is Cc1ccc(C#Cc2ccc(N)c(Nc3cc(C#Cc4ccc(I)cc4)ccc3N)c2)cc1. The summed E-state index contributed by atoms with van der Waals surface area (Å²) >= 11 is 2.28. The second-order valence-electron chi connectivity index (χ2n) is 7.60. The minimum atomic E-state index is 0.616. The molecule has 33 heavy (non-hydrogen) atoms. The zero-order valence-corrected chi connectivity index (χ0v) is 20.3. The number of nitrogens with one attached hydrogen (secondary N) is 1. The molecule has 0 heterocycles. The Morgan fingerprint density at radius 2 is 0.970 bits per heavy atom. The lowest BCUT2D eigenvalue weighted by atomic mass is 10.1. The molecule has 0 atom stereocenters. The molecule has 4 heteroatoms. The van der Waals surface area contributed by atoms with Crippen molar-refractivity contribution in [2.24, 2.45) is 0 Å². The summed E-state index contributed by atoms with van der Waals surface area (Å²) in [5.74, 6) is 12.8. The molecular weight excluding hydrogens is 517 g/mol. The van der Waals surface area contributed by atoms with Crippen LogP contribution in [0.2, 0.25) is 0 Å². The molecule has 0 fully saturated rings. The average molecular weight is 539 g/mol. The fourth-order valence-electron chi connectivity index (χ4n) is 3.09. The van der Waals surface area contributed by atoms with Crippen molar-refractivity contribution >= 4 is 45.3 Å². The Morgan fingerprint density at radius 3 is 1.45 bits per heavy atom. The highest BCUT2D eigenvalue weighted by Crippen LogP contribution is 2.28. The van der Waals surface area contributed by atoms with E-state index in [1.165, 1.54) is 9.13 Å². The molecule has 0 amide bonds. The Labute approximate surface area is 208 Å². The molecule has 4 rings (SSSR count). The third kappa shape index (κ3) is 6.10. The highest BCUT2D eigenvalue weighted by Gasteiger charge is 2.05. The summed E-state index contributed by atoms with van der Waals surface area (Å²) in [6, 6.07) is 27.6. The highest BCUT2D eigenvalue weighted by atomic mass is 127. The largest absolute Gasteiger partial charge is 0.397 e. The van der Waals surface area contributed by atoms with E-state index in [4.69, 9.17) is 11.5 Å². The van der Waals surface area contributed by atoms with E-state index in [1.807, 2.05) is 72.8 Å². The van der Waals surface area contributed by atoms with E-state index in [2.05, 4.69) is 70.6 Å². The number of anilines is 4. The summed E-state index contributed by atoms with van der Waals surface area (Å²) in [6.07, 6.45) is 0. The average Bonchev–Trinajstić information content (AvgIpc) is 2.82. The van der Waals surface area contributed by atoms with Crippen LogP contribution in [-0.4, -0.2) is 0 Å². The van der Waals surface area contributed by atoms with Crippen LogP contribution < -0.4 is 16.8 Å². The number of rotatable bonds is 2. The van der Waals surface area contributed by atoms with E-state index in [0.29, 0.717) is 11.4 Å². The van der Waals surface area contributed by atoms with Gasteiger partial charge in [-0.3, -0.25) is 0 Å². The Balaban J connectivity index is 1.57. The summed E-state index contributed by atoms with van der Waals surface area (Å²) in [4.78, 5) is 0. The van der Waals surface area contributed by atoms with Crippen molar-refractivity contribution in [3.8, 4) is 23.7 Å². The molecule has 0 radical (unpaired) electrons. The molecule has 0 aliphatic carbocycles. The van der Waals surface area contributed by atoms with Crippen LogP contribution in [0, 0.1) is 34.2 Å². The monoisotopic (exact) mass is 539 g/mol. The van der Waals surface area contributed by atoms with Gasteiger partial charge < -0.3 is 16.8 Å². The van der Waals surface area contributed by atoms with Crippen LogP contribution in [0.5, 0.6) is 0 Å². The predicted octanol–water partition coefficient (Wildman–Crippen LogP) is 6.31. The number of hydrogen-bond donors (Lipinski definition) is 3. The molecule has 0 saturated heterocycles. The van der Waals surface area contributed by atoms with Gasteiger partial charge >= 0.3 is 0 Å². The normalized spacial score (nSPS) is 9.88. The fraction of sp³-hybridized carbons (Fsp3) is 0.0345. The van der Waals surface area contributed by atoms with Crippen molar-refractivity contribution in [3.05, 3.63) is 116 Å². The van der Waals surface area contributed by atoms with Gasteiger partial charge in [-0.05, 0) is 102 Å². The molecule has 0 bridgehead atoms. The first-order chi connectivity index (χ1) is 16.0. The number of nitrogen functional groups attached to an aromatic ring is 2. The van der Waals surface area contributed by atoms with Gasteiger partial charge in [0.25, 0.3) is 0 Å². The third-order valence-electron chi connectivity index (χ3n) is 4.97. The first-order valence-electron chi connectivity index (χ1n) is 10.4. The molecule has 0 saturated carbocycles. The second-order valence-corrected chi connectivity index (χ2v) is 8.85. The number of aryl methyl sites for hydroxylation is 1. The lowest BCUT2D eigenvalue weighted by molar-refractivity contribution is 1.46. The maximum Gasteiger partial charge on any atom is 0.0631 e. The number of nitrogens with two attached hydrogens (primary N) is 2. The number of halogens is 1. The van der Waals surface area contributed by atoms with Crippen molar-refractivity contribution in [1.82, 2.24) is 0 Å². The Kier molecular flexibility index (Phi) is 6.88. The molecule has 3 nitrogen and oxygen atoms in total. The summed E-state index contributed by atoms with van der Waals surface area (Å²) < 4.78 is 1.18. The zero-order chi connectivity index (χ0) is 23.2. The van der Waals surface area contributed by atoms with Crippen LogP contribution in [0.1, 0.15) is 27.8 Å². The molecule has 0 unspecified atom stereocenters. The summed E-state index contributed by atoms with van der Waals surface area (Å²) in [5.41, 5.74) is 20.0. The summed E-state index contributed by atoms with van der Waals surface area (Å²) in [6.45, 7) is 2.06. The number of benzene rings is 4. The van der Waals surface area contributed by atoms with Crippen LogP contribution in [0.4, 0.5) is 22.7 Å². The summed E-state index contributed by atoms with van der Waals surface area (Å²) in [5, 5.41) is 3.35. The van der Waals surface area contributed by atoms with E-state index in [-0.39, 0.29) is 0 Å². The quantitative estimate of drug-likeness (QED) is 0.159. The lowest BCUT2D eigenvalue weighted by Gasteiger charge is -2.12. The van der Waals surface area contributed by atoms with Gasteiger partial charge in [-0.15, -0.1) is 0 Å². The molecule has 0 aromatic heterocycles. The molecular formula is C29H22IN3. The topological polar surface area (TPSA) is 64.1 Å². The van der Waals surface area contributed by atoms with Gasteiger partial charge in [0.15, 0.2) is 0 Å². The molecule has 5 N–H and O–H groups in total. The van der Waals surface area contributed by atoms with Gasteiger partial charge in [0.2, 0.25) is 0 Å². The molecule has 160 valence electrons. The first kappa shape index (κ1) is 22.3. The smallest absolute Gasteiger partial charge is 0.0631 e. The van der Waals surface area contributed by atoms with Gasteiger partial charge in [-0.25, -0.2) is 0 Å². The van der Waals surface area contributed by atoms with Crippen LogP contribution in [0.15, 0.2) is 84.9 Å². The third-order valence-corrected chi connectivity index (χ3v) is 5.69. The minimum Gasteiger partial charge on any atom is -0.397 e. The zero-order valence-electron chi connectivity index (χ0n) is 18.1. The Bertz CT molecular complexity index is 1300. The molecule has 0 aliphatic heterocycles. The van der Waals surface area contributed by atoms with Crippen LogP contribution in [0.3, 0.4) is 0 Å². The minimum absolute atomic E-state index is 0.616. The number of hydrogen-bond acceptors (Lipinski definition) is 3. The van der Waals surface area contributed by atoms with Crippen molar-refractivity contribution in [1.29, 1.82) is 0 Å². The predicted molar refractivity (Wildman–Crippen MR) is 147 cm³/mol. The molecule has 4 aromatic carbocycles. The van der Waals surface area contributed by atoms with Gasteiger partial charge in [-0.1, -0.05) is 41.4 Å². The second kappa shape index (κ2) is 10.2. The van der Waals surface area contributed by atoms with Crippen molar-refractivity contribution < 1.29 is 0 Å². The van der Waals surface area contributed by atoms with Gasteiger partial charge in [0, 0.05) is 25.8 Å². The van der Waals surface area contributed by atoms with E-state index in [1.54, 1.807) is 0 Å². The molecule has 0 aliphatic rings. The lowest BCUT2D eigenvalue weighted by Crippen LogP contribution is -2.00. The van der Waals surface area contributed by atoms with Crippen LogP contribution in [0.25, 0.3) is 0 Å². The van der Waals surface area contributed by atoms with Gasteiger partial charge in [-0.2, -0.15) is 0 Å². The standard InChI is InChI=1S/C29H22IN3/c1-20-2-4-21(5-3-20)6-8-23-12-16-26(31)28(18-23)33-29-19-24(13-17-27(29)32)9-7-22-10-14-25(30)15-11-22/h2-5,10-19,33H,31-32H2,1H3. The first-order valence-corrected chi connectivity index (χ1v) is 11.5. The fourth-order valence-corrected chi connectivity index (χ4v) is 3.45. The van der Waals surface area contributed by atoms with Crippen LogP contribution >= 0.6 is 22.6 Å². The summed E-state index contributed by atoms with van der Waals surface area (Å²) in [7, 11) is 0. The van der Waals surface area contributed by atoms with Crippen molar-refractivity contribution in [3.63, 3.8) is 0 Å². The Morgan fingerprint density at radius 1 is 0.576 bits per heavy atom. The maximum atomic E-state index is 6.22. The maximum absolute atomic E-state index is 6.22. The van der Waals surface area contributed by atoms with Crippen molar-refractivity contribution in [2.45, 2.75) is 6.92 Å². The highest BCUT2D eigenvalue weighted by molar-refractivity contribution is 14.1. The van der Waals surface area contributed by atoms with E-state index >= 15 is 0 Å². The Hall–Kier alpha value is -3.87.